The van der Waals surface area contributed by atoms with Gasteiger partial charge in [-0.1, -0.05) is 13.0 Å². The van der Waals surface area contributed by atoms with Crippen LogP contribution in [0.3, 0.4) is 0 Å². The van der Waals surface area contributed by atoms with Crippen LogP contribution in [0.2, 0.25) is 0 Å². The number of amides is 1. The average Bonchev–Trinajstić information content (AvgIpc) is 2.35. The summed E-state index contributed by atoms with van der Waals surface area (Å²) in [5.74, 6) is -0.266. The minimum absolute atomic E-state index is 0.0278. The highest BCUT2D eigenvalue weighted by Gasteiger charge is 2.40. The normalized spacial score (nSPS) is 16.5. The van der Waals surface area contributed by atoms with Crippen LogP contribution in [0.1, 0.15) is 31.7 Å². The molecule has 1 saturated carbocycles. The smallest absolute Gasteiger partial charge is 0.274 e. The van der Waals surface area contributed by atoms with Gasteiger partial charge < -0.3 is 11.1 Å². The lowest BCUT2D eigenvalue weighted by atomic mass is 9.77. The number of aryl methyl sites for hydroxylation is 1. The molecule has 0 saturated heterocycles. The minimum Gasteiger partial charge on any atom is -0.324 e. The van der Waals surface area contributed by atoms with E-state index >= 15 is 0 Å². The van der Waals surface area contributed by atoms with Crippen LogP contribution in [0.5, 0.6) is 0 Å². The van der Waals surface area contributed by atoms with Gasteiger partial charge in [-0.3, -0.25) is 14.9 Å². The number of nitrogens with two attached hydrogens (primary N) is 1. The van der Waals surface area contributed by atoms with Gasteiger partial charge in [0.2, 0.25) is 5.91 Å². The van der Waals surface area contributed by atoms with Gasteiger partial charge in [0.25, 0.3) is 5.69 Å². The lowest BCUT2D eigenvalue weighted by molar-refractivity contribution is -0.385. The molecule has 0 spiro atoms. The molecular formula is C13H17N3O3. The van der Waals surface area contributed by atoms with Gasteiger partial charge in [-0.05, 0) is 31.7 Å². The third-order valence-electron chi connectivity index (χ3n) is 3.62. The second kappa shape index (κ2) is 4.97. The summed E-state index contributed by atoms with van der Waals surface area (Å²) in [6, 6.07) is 4.72. The Bertz CT molecular complexity index is 524. The molecule has 1 aliphatic carbocycles. The lowest BCUT2D eigenvalue weighted by Gasteiger charge is -2.36. The number of hydrogen-bond donors (Lipinski definition) is 2. The van der Waals surface area contributed by atoms with Crippen molar-refractivity contribution >= 4 is 17.3 Å². The zero-order valence-electron chi connectivity index (χ0n) is 10.8. The molecule has 0 bridgehead atoms. The van der Waals surface area contributed by atoms with Gasteiger partial charge in [-0.2, -0.15) is 0 Å². The topological polar surface area (TPSA) is 98.3 Å². The SMILES string of the molecule is CCc1ccc(NC(=O)C2(N)CCC2)cc1[N+](=O)[O-]. The van der Waals surface area contributed by atoms with E-state index in [-0.39, 0.29) is 11.6 Å². The van der Waals surface area contributed by atoms with Crippen LogP contribution < -0.4 is 11.1 Å². The molecule has 1 aromatic rings. The summed E-state index contributed by atoms with van der Waals surface area (Å²) in [5.41, 5.74) is 6.19. The third kappa shape index (κ3) is 2.58. The summed E-state index contributed by atoms with van der Waals surface area (Å²) in [6.07, 6.45) is 2.84. The van der Waals surface area contributed by atoms with Crippen molar-refractivity contribution in [1.82, 2.24) is 0 Å². The maximum atomic E-state index is 11.9. The number of carbonyl (C=O) groups excluding carboxylic acids is 1. The van der Waals surface area contributed by atoms with Gasteiger partial charge in [0.15, 0.2) is 0 Å². The van der Waals surface area contributed by atoms with Gasteiger partial charge in [0, 0.05) is 17.3 Å². The van der Waals surface area contributed by atoms with E-state index in [1.807, 2.05) is 6.92 Å². The summed E-state index contributed by atoms with van der Waals surface area (Å²) in [6.45, 7) is 1.85. The number of nitro benzene ring substituents is 1. The molecule has 0 aromatic heterocycles. The maximum Gasteiger partial charge on any atom is 0.274 e. The first-order valence-electron chi connectivity index (χ1n) is 6.34. The fraction of sp³-hybridized carbons (Fsp3) is 0.462. The highest BCUT2D eigenvalue weighted by Crippen LogP contribution is 2.31. The molecule has 0 heterocycles. The number of nitro groups is 1. The summed E-state index contributed by atoms with van der Waals surface area (Å²) in [7, 11) is 0. The first-order valence-corrected chi connectivity index (χ1v) is 6.34. The molecule has 1 amide bonds. The highest BCUT2D eigenvalue weighted by molar-refractivity contribution is 5.98. The van der Waals surface area contributed by atoms with Crippen molar-refractivity contribution in [2.24, 2.45) is 5.73 Å². The second-order valence-corrected chi connectivity index (χ2v) is 4.92. The van der Waals surface area contributed by atoms with E-state index in [2.05, 4.69) is 5.32 Å². The number of anilines is 1. The molecule has 102 valence electrons. The molecule has 19 heavy (non-hydrogen) atoms. The number of rotatable bonds is 4. The molecule has 6 heteroatoms. The summed E-state index contributed by atoms with van der Waals surface area (Å²) in [5, 5.41) is 13.6. The number of benzene rings is 1. The van der Waals surface area contributed by atoms with Crippen LogP contribution in [-0.2, 0) is 11.2 Å². The molecule has 2 rings (SSSR count). The molecule has 0 aliphatic heterocycles. The van der Waals surface area contributed by atoms with E-state index in [9.17, 15) is 14.9 Å². The Morgan fingerprint density at radius 1 is 1.53 bits per heavy atom. The van der Waals surface area contributed by atoms with E-state index in [4.69, 9.17) is 5.73 Å². The van der Waals surface area contributed by atoms with Crippen molar-refractivity contribution in [2.75, 3.05) is 5.32 Å². The molecule has 1 aromatic carbocycles. The van der Waals surface area contributed by atoms with Crippen LogP contribution >= 0.6 is 0 Å². The van der Waals surface area contributed by atoms with E-state index in [0.717, 1.165) is 6.42 Å². The van der Waals surface area contributed by atoms with Gasteiger partial charge in [0.05, 0.1) is 10.5 Å². The summed E-state index contributed by atoms with van der Waals surface area (Å²) < 4.78 is 0. The lowest BCUT2D eigenvalue weighted by Crippen LogP contribution is -2.56. The number of hydrogen-bond acceptors (Lipinski definition) is 4. The number of nitrogens with one attached hydrogen (secondary N) is 1. The van der Waals surface area contributed by atoms with Crippen LogP contribution in [-0.4, -0.2) is 16.4 Å². The Hall–Kier alpha value is -1.95. The van der Waals surface area contributed by atoms with Crippen molar-refractivity contribution in [3.05, 3.63) is 33.9 Å². The molecule has 3 N–H and O–H groups in total. The van der Waals surface area contributed by atoms with E-state index in [1.54, 1.807) is 12.1 Å². The van der Waals surface area contributed by atoms with Gasteiger partial charge in [0.1, 0.15) is 0 Å². The standard InChI is InChI=1S/C13H17N3O3/c1-2-9-4-5-10(8-11(9)16(18)19)15-12(17)13(14)6-3-7-13/h4-5,8H,2-3,6-7,14H2,1H3,(H,15,17). The second-order valence-electron chi connectivity index (χ2n) is 4.92. The number of nitrogens with zero attached hydrogens (tertiary/aromatic N) is 1. The van der Waals surface area contributed by atoms with Crippen molar-refractivity contribution < 1.29 is 9.72 Å². The van der Waals surface area contributed by atoms with Gasteiger partial charge >= 0.3 is 0 Å². The minimum atomic E-state index is -0.807. The average molecular weight is 263 g/mol. The maximum absolute atomic E-state index is 11.9. The quantitative estimate of drug-likeness (QED) is 0.641. The van der Waals surface area contributed by atoms with E-state index in [0.29, 0.717) is 30.5 Å². The largest absolute Gasteiger partial charge is 0.324 e. The van der Waals surface area contributed by atoms with Crippen molar-refractivity contribution in [3.63, 3.8) is 0 Å². The predicted molar refractivity (Wildman–Crippen MR) is 71.9 cm³/mol. The Morgan fingerprint density at radius 3 is 2.68 bits per heavy atom. The Morgan fingerprint density at radius 2 is 2.21 bits per heavy atom. The molecule has 6 nitrogen and oxygen atoms in total. The van der Waals surface area contributed by atoms with Gasteiger partial charge in [-0.25, -0.2) is 0 Å². The summed E-state index contributed by atoms with van der Waals surface area (Å²) >= 11 is 0. The molecule has 1 fully saturated rings. The molecular weight excluding hydrogens is 246 g/mol. The zero-order chi connectivity index (χ0) is 14.0. The van der Waals surface area contributed by atoms with Crippen molar-refractivity contribution in [2.45, 2.75) is 38.1 Å². The Balaban J connectivity index is 2.19. The summed E-state index contributed by atoms with van der Waals surface area (Å²) in [4.78, 5) is 22.5. The molecule has 0 unspecified atom stereocenters. The zero-order valence-corrected chi connectivity index (χ0v) is 10.8. The first-order chi connectivity index (χ1) is 8.96. The molecule has 0 atom stereocenters. The van der Waals surface area contributed by atoms with Crippen LogP contribution in [0, 0.1) is 10.1 Å². The monoisotopic (exact) mass is 263 g/mol. The third-order valence-corrected chi connectivity index (χ3v) is 3.62. The van der Waals surface area contributed by atoms with Crippen LogP contribution in [0.15, 0.2) is 18.2 Å². The fourth-order valence-electron chi connectivity index (χ4n) is 2.15. The van der Waals surface area contributed by atoms with Crippen molar-refractivity contribution in [3.8, 4) is 0 Å². The highest BCUT2D eigenvalue weighted by atomic mass is 16.6. The predicted octanol–water partition coefficient (Wildman–Crippen LogP) is 1.98. The van der Waals surface area contributed by atoms with E-state index < -0.39 is 10.5 Å². The van der Waals surface area contributed by atoms with E-state index in [1.165, 1.54) is 6.07 Å². The Labute approximate surface area is 111 Å². The van der Waals surface area contributed by atoms with Crippen molar-refractivity contribution in [1.29, 1.82) is 0 Å². The first kappa shape index (κ1) is 13.5. The molecule has 0 radical (unpaired) electrons. The van der Waals surface area contributed by atoms with Crippen LogP contribution in [0.25, 0.3) is 0 Å². The Kier molecular flexibility index (Phi) is 3.53. The van der Waals surface area contributed by atoms with Gasteiger partial charge in [-0.15, -0.1) is 0 Å². The number of carbonyl (C=O) groups is 1. The van der Waals surface area contributed by atoms with Crippen LogP contribution in [0.4, 0.5) is 11.4 Å². The fourth-order valence-corrected chi connectivity index (χ4v) is 2.15. The molecule has 1 aliphatic rings.